The Bertz CT molecular complexity index is 555. The van der Waals surface area contributed by atoms with Crippen molar-refractivity contribution in [3.8, 4) is 6.07 Å². The highest BCUT2D eigenvalue weighted by Crippen LogP contribution is 2.44. The first kappa shape index (κ1) is 16.6. The molecule has 2 aliphatic rings. The molecule has 124 valence electrons. The molecule has 0 radical (unpaired) electrons. The molecule has 1 aromatic carbocycles. The summed E-state index contributed by atoms with van der Waals surface area (Å²) in [7, 11) is 0. The fourth-order valence-corrected chi connectivity index (χ4v) is 5.09. The smallest absolute Gasteiger partial charge is 0.0997 e. The molecule has 2 saturated carbocycles. The van der Waals surface area contributed by atoms with E-state index in [0.717, 1.165) is 40.4 Å². The van der Waals surface area contributed by atoms with Crippen LogP contribution in [0.15, 0.2) is 12.1 Å². The van der Waals surface area contributed by atoms with E-state index in [2.05, 4.69) is 39.0 Å². The van der Waals surface area contributed by atoms with Crippen LogP contribution in [0.25, 0.3) is 0 Å². The standard InChI is InChI=1S/C22H31N/c1-15-4-6-18(7-5-15)19-8-10-20(11-9-19)21-12-16(2)22(14-23)17(3)13-21/h12-13,15,18-20H,4-11H2,1-3H3. The van der Waals surface area contributed by atoms with E-state index in [1.165, 1.54) is 56.9 Å². The van der Waals surface area contributed by atoms with E-state index in [1.807, 2.05) is 0 Å². The summed E-state index contributed by atoms with van der Waals surface area (Å²) in [6.07, 6.45) is 11.4. The van der Waals surface area contributed by atoms with Crippen molar-refractivity contribution in [2.24, 2.45) is 17.8 Å². The number of benzene rings is 1. The van der Waals surface area contributed by atoms with E-state index in [9.17, 15) is 5.26 Å². The van der Waals surface area contributed by atoms with E-state index >= 15 is 0 Å². The van der Waals surface area contributed by atoms with E-state index in [-0.39, 0.29) is 0 Å². The molecule has 2 aliphatic carbocycles. The maximum absolute atomic E-state index is 9.25. The molecule has 0 bridgehead atoms. The van der Waals surface area contributed by atoms with Crippen LogP contribution in [-0.2, 0) is 0 Å². The number of hydrogen-bond acceptors (Lipinski definition) is 1. The van der Waals surface area contributed by atoms with Crippen molar-refractivity contribution in [2.45, 2.75) is 78.1 Å². The Hall–Kier alpha value is -1.29. The highest BCUT2D eigenvalue weighted by atomic mass is 14.4. The van der Waals surface area contributed by atoms with Crippen LogP contribution in [0, 0.1) is 42.9 Å². The Morgan fingerprint density at radius 1 is 0.826 bits per heavy atom. The van der Waals surface area contributed by atoms with Crippen LogP contribution in [0.4, 0.5) is 0 Å². The summed E-state index contributed by atoms with van der Waals surface area (Å²) >= 11 is 0. The van der Waals surface area contributed by atoms with Gasteiger partial charge in [-0.2, -0.15) is 5.26 Å². The van der Waals surface area contributed by atoms with Gasteiger partial charge in [-0.25, -0.2) is 0 Å². The molecule has 1 aromatic rings. The number of nitriles is 1. The molecule has 3 rings (SSSR count). The molecule has 0 heterocycles. The minimum absolute atomic E-state index is 0.721. The van der Waals surface area contributed by atoms with Crippen LogP contribution < -0.4 is 0 Å². The summed E-state index contributed by atoms with van der Waals surface area (Å²) in [5.41, 5.74) is 4.67. The van der Waals surface area contributed by atoms with Crippen LogP contribution in [-0.4, -0.2) is 0 Å². The second kappa shape index (κ2) is 7.08. The molecule has 0 spiro atoms. The molecule has 0 N–H and O–H groups in total. The van der Waals surface area contributed by atoms with Crippen LogP contribution in [0.5, 0.6) is 0 Å². The third kappa shape index (κ3) is 3.63. The van der Waals surface area contributed by atoms with Crippen molar-refractivity contribution in [3.63, 3.8) is 0 Å². The third-order valence-corrected chi connectivity index (χ3v) is 6.64. The van der Waals surface area contributed by atoms with E-state index in [1.54, 1.807) is 0 Å². The zero-order chi connectivity index (χ0) is 16.4. The van der Waals surface area contributed by atoms with Gasteiger partial charge in [-0.3, -0.25) is 0 Å². The van der Waals surface area contributed by atoms with Crippen LogP contribution in [0.1, 0.15) is 86.5 Å². The lowest BCUT2D eigenvalue weighted by Crippen LogP contribution is -2.24. The van der Waals surface area contributed by atoms with Gasteiger partial charge in [0.05, 0.1) is 11.6 Å². The average molecular weight is 309 g/mol. The lowest BCUT2D eigenvalue weighted by Gasteiger charge is -2.37. The minimum atomic E-state index is 0.721. The van der Waals surface area contributed by atoms with Gasteiger partial charge in [0.25, 0.3) is 0 Å². The molecule has 0 amide bonds. The molecule has 0 aromatic heterocycles. The van der Waals surface area contributed by atoms with Crippen molar-refractivity contribution >= 4 is 0 Å². The van der Waals surface area contributed by atoms with Gasteiger partial charge in [-0.05, 0) is 92.7 Å². The van der Waals surface area contributed by atoms with Crippen molar-refractivity contribution in [2.75, 3.05) is 0 Å². The number of rotatable bonds is 2. The second-order valence-corrected chi connectivity index (χ2v) is 8.27. The lowest BCUT2D eigenvalue weighted by molar-refractivity contribution is 0.165. The summed E-state index contributed by atoms with van der Waals surface area (Å²) in [6.45, 7) is 6.59. The summed E-state index contributed by atoms with van der Waals surface area (Å²) in [5, 5.41) is 9.25. The monoisotopic (exact) mass is 309 g/mol. The molecule has 1 heteroatoms. The number of aryl methyl sites for hydroxylation is 2. The maximum atomic E-state index is 9.25. The van der Waals surface area contributed by atoms with Crippen LogP contribution in [0.2, 0.25) is 0 Å². The van der Waals surface area contributed by atoms with Crippen molar-refractivity contribution in [1.82, 2.24) is 0 Å². The van der Waals surface area contributed by atoms with Gasteiger partial charge in [0, 0.05) is 0 Å². The lowest BCUT2D eigenvalue weighted by atomic mass is 9.68. The Balaban J connectivity index is 1.62. The van der Waals surface area contributed by atoms with Gasteiger partial charge in [0.15, 0.2) is 0 Å². The minimum Gasteiger partial charge on any atom is -0.192 e. The van der Waals surface area contributed by atoms with Gasteiger partial charge in [0.2, 0.25) is 0 Å². The van der Waals surface area contributed by atoms with Gasteiger partial charge >= 0.3 is 0 Å². The highest BCUT2D eigenvalue weighted by Gasteiger charge is 2.30. The number of hydrogen-bond donors (Lipinski definition) is 0. The summed E-state index contributed by atoms with van der Waals surface area (Å²) in [6, 6.07) is 6.90. The fraction of sp³-hybridized carbons (Fsp3) is 0.682. The number of nitrogens with zero attached hydrogens (tertiary/aromatic N) is 1. The normalized spacial score (nSPS) is 31.6. The summed E-state index contributed by atoms with van der Waals surface area (Å²) < 4.78 is 0. The van der Waals surface area contributed by atoms with Gasteiger partial charge < -0.3 is 0 Å². The Morgan fingerprint density at radius 3 is 1.78 bits per heavy atom. The zero-order valence-corrected chi connectivity index (χ0v) is 15.1. The van der Waals surface area contributed by atoms with Gasteiger partial charge in [-0.1, -0.05) is 31.9 Å². The maximum Gasteiger partial charge on any atom is 0.0997 e. The largest absolute Gasteiger partial charge is 0.192 e. The molecule has 0 aliphatic heterocycles. The van der Waals surface area contributed by atoms with E-state index in [4.69, 9.17) is 0 Å². The molecule has 0 atom stereocenters. The molecule has 23 heavy (non-hydrogen) atoms. The van der Waals surface area contributed by atoms with E-state index < -0.39 is 0 Å². The Labute approximate surface area is 142 Å². The van der Waals surface area contributed by atoms with Crippen molar-refractivity contribution < 1.29 is 0 Å². The Morgan fingerprint density at radius 2 is 1.30 bits per heavy atom. The highest BCUT2D eigenvalue weighted by molar-refractivity contribution is 5.46. The van der Waals surface area contributed by atoms with Crippen molar-refractivity contribution in [3.05, 3.63) is 34.4 Å². The summed E-state index contributed by atoms with van der Waals surface area (Å²) in [4.78, 5) is 0. The predicted octanol–water partition coefficient (Wildman–Crippen LogP) is 6.28. The zero-order valence-electron chi connectivity index (χ0n) is 15.1. The fourth-order valence-electron chi connectivity index (χ4n) is 5.09. The molecular weight excluding hydrogens is 278 g/mol. The van der Waals surface area contributed by atoms with Crippen molar-refractivity contribution in [1.29, 1.82) is 5.26 Å². The first-order valence-corrected chi connectivity index (χ1v) is 9.59. The third-order valence-electron chi connectivity index (χ3n) is 6.64. The molecular formula is C22H31N. The van der Waals surface area contributed by atoms with E-state index in [0.29, 0.717) is 0 Å². The molecule has 0 unspecified atom stereocenters. The van der Waals surface area contributed by atoms with Crippen LogP contribution in [0.3, 0.4) is 0 Å². The van der Waals surface area contributed by atoms with Gasteiger partial charge in [0.1, 0.15) is 0 Å². The molecule has 1 nitrogen and oxygen atoms in total. The first-order valence-electron chi connectivity index (χ1n) is 9.59. The topological polar surface area (TPSA) is 23.8 Å². The second-order valence-electron chi connectivity index (χ2n) is 8.27. The van der Waals surface area contributed by atoms with Gasteiger partial charge in [-0.15, -0.1) is 0 Å². The predicted molar refractivity (Wildman–Crippen MR) is 96.5 cm³/mol. The average Bonchev–Trinajstić information content (AvgIpc) is 2.55. The summed E-state index contributed by atoms with van der Waals surface area (Å²) in [5.74, 6) is 3.68. The van der Waals surface area contributed by atoms with Crippen LogP contribution >= 0.6 is 0 Å². The molecule has 2 fully saturated rings. The first-order chi connectivity index (χ1) is 11.1. The SMILES string of the molecule is Cc1cc(C2CCC(C3CCC(C)CC3)CC2)cc(C)c1C#N. The Kier molecular flexibility index (Phi) is 5.10. The molecule has 0 saturated heterocycles. The quantitative estimate of drug-likeness (QED) is 0.631.